The van der Waals surface area contributed by atoms with Crippen LogP contribution in [0.15, 0.2) is 27.4 Å². The zero-order valence-electron chi connectivity index (χ0n) is 9.01. The van der Waals surface area contributed by atoms with Crippen LogP contribution in [0.2, 0.25) is 5.02 Å². The molecule has 1 unspecified atom stereocenters. The molecule has 0 spiro atoms. The molecule has 0 radical (unpaired) electrons. The summed E-state index contributed by atoms with van der Waals surface area (Å²) in [4.78, 5) is 22.7. The molecule has 0 bridgehead atoms. The minimum absolute atomic E-state index is 0.288. The van der Waals surface area contributed by atoms with Gasteiger partial charge in [0.1, 0.15) is 6.04 Å². The smallest absolute Gasteiger partial charge is 0.420 e. The van der Waals surface area contributed by atoms with E-state index in [1.807, 2.05) is 0 Å². The van der Waals surface area contributed by atoms with Crippen molar-refractivity contribution in [3.05, 3.63) is 33.8 Å². The summed E-state index contributed by atoms with van der Waals surface area (Å²) in [5, 5.41) is 9.49. The van der Waals surface area contributed by atoms with Gasteiger partial charge in [0.05, 0.1) is 5.52 Å². The first-order chi connectivity index (χ1) is 8.04. The molecule has 0 fully saturated rings. The van der Waals surface area contributed by atoms with Gasteiger partial charge in [-0.2, -0.15) is 0 Å². The van der Waals surface area contributed by atoms with Gasteiger partial charge < -0.3 is 9.52 Å². The maximum Gasteiger partial charge on any atom is 0.420 e. The third-order valence-electron chi connectivity index (χ3n) is 2.56. The number of oxazole rings is 1. The summed E-state index contributed by atoms with van der Waals surface area (Å²) in [5.41, 5.74) is 0.732. The van der Waals surface area contributed by atoms with Crippen LogP contribution in [0.4, 0.5) is 0 Å². The van der Waals surface area contributed by atoms with Crippen molar-refractivity contribution in [2.75, 3.05) is 0 Å². The third kappa shape index (κ3) is 1.93. The molecule has 2 rings (SSSR count). The number of carboxylic acid groups (broad SMARTS) is 1. The molecule has 17 heavy (non-hydrogen) atoms. The second-order valence-electron chi connectivity index (χ2n) is 3.61. The maximum absolute atomic E-state index is 11.6. The van der Waals surface area contributed by atoms with E-state index in [1.54, 1.807) is 19.1 Å². The largest absolute Gasteiger partial charge is 0.480 e. The Kier molecular flexibility index (Phi) is 2.93. The number of aliphatic carboxylic acids is 1. The Bertz CT molecular complexity index is 628. The highest BCUT2D eigenvalue weighted by Gasteiger charge is 2.23. The normalized spacial score (nSPS) is 12.8. The summed E-state index contributed by atoms with van der Waals surface area (Å²) in [7, 11) is 0. The Balaban J connectivity index is 2.75. The first-order valence-electron chi connectivity index (χ1n) is 5.08. The summed E-state index contributed by atoms with van der Waals surface area (Å²) in [6.07, 6.45) is 0.288. The van der Waals surface area contributed by atoms with Crippen LogP contribution in [0.1, 0.15) is 19.4 Å². The van der Waals surface area contributed by atoms with E-state index in [9.17, 15) is 9.59 Å². The number of nitrogens with zero attached hydrogens (tertiary/aromatic N) is 1. The summed E-state index contributed by atoms with van der Waals surface area (Å²) in [6.45, 7) is 1.69. The summed E-state index contributed by atoms with van der Waals surface area (Å²) >= 11 is 5.82. The van der Waals surface area contributed by atoms with Crippen molar-refractivity contribution in [3.8, 4) is 0 Å². The second-order valence-corrected chi connectivity index (χ2v) is 4.05. The van der Waals surface area contributed by atoms with Crippen LogP contribution in [0.25, 0.3) is 11.1 Å². The summed E-state index contributed by atoms with van der Waals surface area (Å²) in [5.74, 6) is -1.76. The lowest BCUT2D eigenvalue weighted by Gasteiger charge is -2.10. The van der Waals surface area contributed by atoms with Gasteiger partial charge in [0, 0.05) is 5.02 Å². The van der Waals surface area contributed by atoms with Crippen LogP contribution in [-0.4, -0.2) is 15.6 Å². The fourth-order valence-electron chi connectivity index (χ4n) is 1.77. The van der Waals surface area contributed by atoms with E-state index < -0.39 is 17.8 Å². The molecule has 0 saturated carbocycles. The number of carboxylic acids is 1. The predicted octanol–water partition coefficient (Wildman–Crippen LogP) is 2.28. The number of halogens is 1. The average Bonchev–Trinajstić information content (AvgIpc) is 2.56. The predicted molar refractivity (Wildman–Crippen MR) is 62.4 cm³/mol. The lowest BCUT2D eigenvalue weighted by molar-refractivity contribution is -0.141. The van der Waals surface area contributed by atoms with Gasteiger partial charge in [-0.25, -0.2) is 9.59 Å². The fraction of sp³-hybridized carbons (Fsp3) is 0.273. The minimum atomic E-state index is -1.07. The molecular formula is C11H10ClNO4. The van der Waals surface area contributed by atoms with Crippen molar-refractivity contribution in [3.63, 3.8) is 0 Å². The van der Waals surface area contributed by atoms with Crippen LogP contribution >= 0.6 is 11.6 Å². The van der Waals surface area contributed by atoms with Crippen LogP contribution in [0.5, 0.6) is 0 Å². The van der Waals surface area contributed by atoms with E-state index in [4.69, 9.17) is 21.1 Å². The summed E-state index contributed by atoms with van der Waals surface area (Å²) < 4.78 is 6.09. The molecule has 6 heteroatoms. The van der Waals surface area contributed by atoms with Crippen LogP contribution < -0.4 is 5.76 Å². The Morgan fingerprint density at radius 1 is 1.59 bits per heavy atom. The topological polar surface area (TPSA) is 72.4 Å². The van der Waals surface area contributed by atoms with Gasteiger partial charge in [-0.05, 0) is 24.6 Å². The fourth-order valence-corrected chi connectivity index (χ4v) is 1.94. The van der Waals surface area contributed by atoms with Crippen LogP contribution in [0.3, 0.4) is 0 Å². The van der Waals surface area contributed by atoms with Crippen molar-refractivity contribution in [2.45, 2.75) is 19.4 Å². The Labute approximate surface area is 101 Å². The number of benzene rings is 1. The average molecular weight is 256 g/mol. The highest BCUT2D eigenvalue weighted by Crippen LogP contribution is 2.22. The van der Waals surface area contributed by atoms with Gasteiger partial charge in [0.2, 0.25) is 0 Å². The maximum atomic E-state index is 11.6. The van der Waals surface area contributed by atoms with Gasteiger partial charge >= 0.3 is 11.7 Å². The summed E-state index contributed by atoms with van der Waals surface area (Å²) in [6, 6.07) is 3.71. The zero-order valence-corrected chi connectivity index (χ0v) is 9.77. The molecule has 0 amide bonds. The van der Waals surface area contributed by atoms with E-state index in [0.29, 0.717) is 16.1 Å². The number of fused-ring (bicyclic) bond motifs is 1. The molecule has 1 aromatic carbocycles. The highest BCUT2D eigenvalue weighted by molar-refractivity contribution is 6.31. The Morgan fingerprint density at radius 3 is 2.88 bits per heavy atom. The van der Waals surface area contributed by atoms with Crippen molar-refractivity contribution in [1.82, 2.24) is 4.57 Å². The minimum Gasteiger partial charge on any atom is -0.480 e. The number of carbonyl (C=O) groups is 1. The van der Waals surface area contributed by atoms with E-state index in [0.717, 1.165) is 4.57 Å². The molecule has 1 aromatic heterocycles. The van der Waals surface area contributed by atoms with Crippen LogP contribution in [-0.2, 0) is 4.79 Å². The van der Waals surface area contributed by atoms with Gasteiger partial charge in [0.25, 0.3) is 0 Å². The standard InChI is InChI=1S/C11H10ClNO4/c1-2-7(10(14)15)13-8-5-6(12)3-4-9(8)17-11(13)16/h3-5,7H,2H2,1H3,(H,14,15). The zero-order chi connectivity index (χ0) is 12.6. The molecule has 0 aliphatic heterocycles. The quantitative estimate of drug-likeness (QED) is 0.913. The molecule has 1 N–H and O–H groups in total. The Hall–Kier alpha value is -1.75. The molecule has 0 saturated heterocycles. The van der Waals surface area contributed by atoms with Crippen LogP contribution in [0, 0.1) is 0 Å². The molecule has 0 aliphatic carbocycles. The lowest BCUT2D eigenvalue weighted by Crippen LogP contribution is -2.26. The number of hydrogen-bond donors (Lipinski definition) is 1. The molecule has 5 nitrogen and oxygen atoms in total. The lowest BCUT2D eigenvalue weighted by atomic mass is 10.2. The van der Waals surface area contributed by atoms with Crippen molar-refractivity contribution < 1.29 is 14.3 Å². The third-order valence-corrected chi connectivity index (χ3v) is 2.79. The number of aromatic nitrogens is 1. The van der Waals surface area contributed by atoms with Crippen molar-refractivity contribution >= 4 is 28.7 Å². The SMILES string of the molecule is CCC(C(=O)O)n1c(=O)oc2ccc(Cl)cc21. The molecule has 0 aliphatic rings. The van der Waals surface area contributed by atoms with Gasteiger partial charge in [0.15, 0.2) is 5.58 Å². The van der Waals surface area contributed by atoms with E-state index >= 15 is 0 Å². The molecule has 90 valence electrons. The van der Waals surface area contributed by atoms with E-state index in [2.05, 4.69) is 0 Å². The van der Waals surface area contributed by atoms with Crippen molar-refractivity contribution in [2.24, 2.45) is 0 Å². The molecule has 1 atom stereocenters. The monoisotopic (exact) mass is 255 g/mol. The van der Waals surface area contributed by atoms with Gasteiger partial charge in [-0.3, -0.25) is 4.57 Å². The number of rotatable bonds is 3. The Morgan fingerprint density at radius 2 is 2.29 bits per heavy atom. The molecular weight excluding hydrogens is 246 g/mol. The van der Waals surface area contributed by atoms with Crippen molar-refractivity contribution in [1.29, 1.82) is 0 Å². The van der Waals surface area contributed by atoms with Gasteiger partial charge in [-0.1, -0.05) is 18.5 Å². The second kappa shape index (κ2) is 4.25. The first-order valence-corrected chi connectivity index (χ1v) is 5.45. The first kappa shape index (κ1) is 11.7. The highest BCUT2D eigenvalue weighted by atomic mass is 35.5. The molecule has 2 aromatic rings. The number of hydrogen-bond acceptors (Lipinski definition) is 3. The molecule has 1 heterocycles. The van der Waals surface area contributed by atoms with E-state index in [-0.39, 0.29) is 6.42 Å². The van der Waals surface area contributed by atoms with Gasteiger partial charge in [-0.15, -0.1) is 0 Å². The van der Waals surface area contributed by atoms with E-state index in [1.165, 1.54) is 6.07 Å².